The molecule has 0 spiro atoms. The molecule has 110 valence electrons. The Morgan fingerprint density at radius 3 is 2.45 bits per heavy atom. The topological polar surface area (TPSA) is 87.7 Å². The molecule has 0 unspecified atom stereocenters. The molecule has 4 N–H and O–H groups in total. The number of rotatable bonds is 5. The van der Waals surface area contributed by atoms with Crippen LogP contribution in [0.3, 0.4) is 0 Å². The normalized spacial score (nSPS) is 12.3. The monoisotopic (exact) mass is 317 g/mol. The van der Waals surface area contributed by atoms with Gasteiger partial charge in [0.15, 0.2) is 5.84 Å². The van der Waals surface area contributed by atoms with Crippen LogP contribution in [0.1, 0.15) is 26.7 Å². The van der Waals surface area contributed by atoms with Gasteiger partial charge in [-0.2, -0.15) is 0 Å². The first-order valence-corrected chi connectivity index (χ1v) is 6.91. The summed E-state index contributed by atoms with van der Waals surface area (Å²) in [5.41, 5.74) is 5.03. The van der Waals surface area contributed by atoms with Crippen LogP contribution in [0.4, 0.5) is 5.69 Å². The molecule has 1 aromatic carbocycles. The van der Waals surface area contributed by atoms with Gasteiger partial charge in [0.2, 0.25) is 5.91 Å². The molecule has 0 saturated heterocycles. The Bertz CT molecular complexity index is 528. The zero-order valence-corrected chi connectivity index (χ0v) is 12.8. The summed E-state index contributed by atoms with van der Waals surface area (Å²) in [6.07, 6.45) is 0.798. The summed E-state index contributed by atoms with van der Waals surface area (Å²) in [4.78, 5) is 12.5. The minimum absolute atomic E-state index is 0.120. The lowest BCUT2D eigenvalue weighted by Gasteiger charge is -2.28. The second kappa shape index (κ2) is 6.81. The van der Waals surface area contributed by atoms with E-state index in [1.165, 1.54) is 6.07 Å². The van der Waals surface area contributed by atoms with E-state index in [1.807, 2.05) is 0 Å². The molecule has 1 aromatic rings. The van der Waals surface area contributed by atoms with Crippen molar-refractivity contribution in [3.8, 4) is 0 Å². The molecule has 0 aromatic heterocycles. The molecule has 0 aliphatic heterocycles. The Morgan fingerprint density at radius 2 is 2.00 bits per heavy atom. The maximum absolute atomic E-state index is 12.5. The van der Waals surface area contributed by atoms with Gasteiger partial charge in [-0.3, -0.25) is 4.79 Å². The predicted molar refractivity (Wildman–Crippen MR) is 81.5 cm³/mol. The van der Waals surface area contributed by atoms with Gasteiger partial charge in [-0.25, -0.2) is 0 Å². The molecular weight excluding hydrogens is 301 g/mol. The molecule has 5 nitrogen and oxygen atoms in total. The van der Waals surface area contributed by atoms with E-state index in [1.54, 1.807) is 26.0 Å². The van der Waals surface area contributed by atoms with E-state index in [0.29, 0.717) is 28.6 Å². The fourth-order valence-electron chi connectivity index (χ4n) is 1.98. The summed E-state index contributed by atoms with van der Waals surface area (Å²) in [6.45, 7) is 3.59. The van der Waals surface area contributed by atoms with Crippen molar-refractivity contribution < 1.29 is 10.0 Å². The van der Waals surface area contributed by atoms with Crippen molar-refractivity contribution in [3.05, 3.63) is 28.2 Å². The van der Waals surface area contributed by atoms with Crippen LogP contribution in [0.15, 0.2) is 23.4 Å². The maximum Gasteiger partial charge on any atom is 0.238 e. The number of benzene rings is 1. The van der Waals surface area contributed by atoms with Gasteiger partial charge in [0.1, 0.15) is 5.41 Å². The lowest BCUT2D eigenvalue weighted by molar-refractivity contribution is -0.122. The number of halogens is 2. The summed E-state index contributed by atoms with van der Waals surface area (Å²) >= 11 is 11.8. The van der Waals surface area contributed by atoms with E-state index in [9.17, 15) is 4.79 Å². The van der Waals surface area contributed by atoms with Gasteiger partial charge in [0.25, 0.3) is 0 Å². The Kier molecular flexibility index (Phi) is 5.65. The smallest absolute Gasteiger partial charge is 0.238 e. The zero-order chi connectivity index (χ0) is 15.3. The van der Waals surface area contributed by atoms with E-state index in [4.69, 9.17) is 34.1 Å². The van der Waals surface area contributed by atoms with Crippen LogP contribution in [0.2, 0.25) is 10.0 Å². The summed E-state index contributed by atoms with van der Waals surface area (Å²) < 4.78 is 0. The molecule has 0 aliphatic carbocycles. The third-order valence-electron chi connectivity index (χ3n) is 3.42. The number of carbonyl (C=O) groups is 1. The minimum atomic E-state index is -1.07. The van der Waals surface area contributed by atoms with Crippen molar-refractivity contribution in [1.82, 2.24) is 0 Å². The first kappa shape index (κ1) is 16.6. The average Bonchev–Trinajstić information content (AvgIpc) is 2.43. The number of carbonyl (C=O) groups excluding carboxylic acids is 1. The average molecular weight is 318 g/mol. The van der Waals surface area contributed by atoms with Gasteiger partial charge >= 0.3 is 0 Å². The highest BCUT2D eigenvalue weighted by Gasteiger charge is 2.40. The maximum atomic E-state index is 12.5. The summed E-state index contributed by atoms with van der Waals surface area (Å²) in [6, 6.07) is 4.75. The Morgan fingerprint density at radius 1 is 1.40 bits per heavy atom. The number of hydrogen-bond acceptors (Lipinski definition) is 3. The second-order valence-corrected chi connectivity index (χ2v) is 5.20. The van der Waals surface area contributed by atoms with E-state index in [-0.39, 0.29) is 11.7 Å². The van der Waals surface area contributed by atoms with Crippen molar-refractivity contribution in [2.75, 3.05) is 5.32 Å². The predicted octanol–water partition coefficient (Wildman–Crippen LogP) is 3.48. The quantitative estimate of drug-likeness (QED) is 0.336. The van der Waals surface area contributed by atoms with Crippen molar-refractivity contribution >= 4 is 40.6 Å². The number of anilines is 1. The van der Waals surface area contributed by atoms with Gasteiger partial charge in [0.05, 0.1) is 10.7 Å². The summed E-state index contributed by atoms with van der Waals surface area (Å²) in [7, 11) is 0. The summed E-state index contributed by atoms with van der Waals surface area (Å²) in [5, 5.41) is 15.4. The van der Waals surface area contributed by atoms with Crippen LogP contribution in [-0.4, -0.2) is 17.0 Å². The zero-order valence-electron chi connectivity index (χ0n) is 11.3. The van der Waals surface area contributed by atoms with Gasteiger partial charge in [-0.1, -0.05) is 42.2 Å². The van der Waals surface area contributed by atoms with Crippen molar-refractivity contribution in [1.29, 1.82) is 0 Å². The highest BCUT2D eigenvalue weighted by atomic mass is 35.5. The van der Waals surface area contributed by atoms with Crippen molar-refractivity contribution in [3.63, 3.8) is 0 Å². The standard InChI is InChI=1S/C13H17Cl2N3O2/c1-3-13(4-2,11(16)18-20)12(19)17-10-6-5-8(14)7-9(10)15/h5-7,20H,3-4H2,1-2H3,(H2,16,18)(H,17,19). The molecule has 1 amide bonds. The molecular formula is C13H17Cl2N3O2. The first-order chi connectivity index (χ1) is 9.41. The highest BCUT2D eigenvalue weighted by Crippen LogP contribution is 2.31. The number of oxime groups is 1. The van der Waals surface area contributed by atoms with Crippen molar-refractivity contribution in [2.45, 2.75) is 26.7 Å². The Hall–Kier alpha value is -1.46. The third kappa shape index (κ3) is 3.16. The molecule has 0 bridgehead atoms. The largest absolute Gasteiger partial charge is 0.409 e. The molecule has 0 heterocycles. The van der Waals surface area contributed by atoms with Crippen LogP contribution < -0.4 is 11.1 Å². The molecule has 0 aliphatic rings. The lowest BCUT2D eigenvalue weighted by Crippen LogP contribution is -2.46. The SMILES string of the molecule is CCC(CC)(C(=O)Nc1ccc(Cl)cc1Cl)C(N)=NO. The number of nitrogens with zero attached hydrogens (tertiary/aromatic N) is 1. The van der Waals surface area contributed by atoms with Crippen LogP contribution in [0.5, 0.6) is 0 Å². The number of nitrogens with one attached hydrogen (secondary N) is 1. The molecule has 0 atom stereocenters. The molecule has 20 heavy (non-hydrogen) atoms. The molecule has 0 radical (unpaired) electrons. The number of amidine groups is 1. The van der Waals surface area contributed by atoms with Gasteiger partial charge in [0, 0.05) is 5.02 Å². The fourth-order valence-corrected chi connectivity index (χ4v) is 2.43. The Labute approximate surface area is 127 Å². The van der Waals surface area contributed by atoms with Crippen LogP contribution in [0, 0.1) is 5.41 Å². The van der Waals surface area contributed by atoms with Gasteiger partial charge in [-0.05, 0) is 31.0 Å². The van der Waals surface area contributed by atoms with E-state index in [0.717, 1.165) is 0 Å². The molecule has 0 fully saturated rings. The first-order valence-electron chi connectivity index (χ1n) is 6.15. The van der Waals surface area contributed by atoms with Crippen LogP contribution in [-0.2, 0) is 4.79 Å². The van der Waals surface area contributed by atoms with E-state index in [2.05, 4.69) is 10.5 Å². The summed E-state index contributed by atoms with van der Waals surface area (Å²) in [5.74, 6) is -0.493. The van der Waals surface area contributed by atoms with Crippen molar-refractivity contribution in [2.24, 2.45) is 16.3 Å². The van der Waals surface area contributed by atoms with Gasteiger partial charge in [-0.15, -0.1) is 0 Å². The van der Waals surface area contributed by atoms with Crippen LogP contribution >= 0.6 is 23.2 Å². The lowest BCUT2D eigenvalue weighted by atomic mass is 9.80. The minimum Gasteiger partial charge on any atom is -0.409 e. The third-order valence-corrected chi connectivity index (χ3v) is 3.97. The highest BCUT2D eigenvalue weighted by molar-refractivity contribution is 6.36. The second-order valence-electron chi connectivity index (χ2n) is 4.35. The molecule has 1 rings (SSSR count). The fraction of sp³-hybridized carbons (Fsp3) is 0.385. The number of nitrogens with two attached hydrogens (primary N) is 1. The van der Waals surface area contributed by atoms with E-state index >= 15 is 0 Å². The van der Waals surface area contributed by atoms with Gasteiger partial charge < -0.3 is 16.3 Å². The number of amides is 1. The molecule has 0 saturated carbocycles. The molecule has 7 heteroatoms. The Balaban J connectivity index is 3.09. The van der Waals surface area contributed by atoms with Crippen LogP contribution in [0.25, 0.3) is 0 Å². The number of hydrogen-bond donors (Lipinski definition) is 3. The van der Waals surface area contributed by atoms with E-state index < -0.39 is 5.41 Å².